The molecule has 0 spiro atoms. The molecule has 2 aromatic rings. The van der Waals surface area contributed by atoms with Crippen LogP contribution in [0.25, 0.3) is 11.5 Å². The van der Waals surface area contributed by atoms with Crippen molar-refractivity contribution in [3.8, 4) is 11.5 Å². The molecule has 108 valence electrons. The highest BCUT2D eigenvalue weighted by molar-refractivity contribution is 14.1. The van der Waals surface area contributed by atoms with Crippen molar-refractivity contribution in [2.24, 2.45) is 0 Å². The van der Waals surface area contributed by atoms with Gasteiger partial charge in [-0.2, -0.15) is 0 Å². The molecule has 2 rings (SSSR count). The quantitative estimate of drug-likeness (QED) is 0.751. The molecule has 0 bridgehead atoms. The largest absolute Gasteiger partial charge is 0.369 e. The highest BCUT2D eigenvalue weighted by Gasteiger charge is 2.16. The highest BCUT2D eigenvalue weighted by atomic mass is 127. The van der Waals surface area contributed by atoms with Crippen LogP contribution >= 0.6 is 33.9 Å². The van der Waals surface area contributed by atoms with Gasteiger partial charge in [-0.3, -0.25) is 0 Å². The van der Waals surface area contributed by atoms with E-state index in [-0.39, 0.29) is 0 Å². The number of anilines is 1. The van der Waals surface area contributed by atoms with E-state index in [4.69, 9.17) is 4.98 Å². The molecule has 2 heterocycles. The molecule has 0 saturated carbocycles. The third kappa shape index (κ3) is 3.46. The van der Waals surface area contributed by atoms with Crippen LogP contribution < -0.4 is 5.32 Å². The van der Waals surface area contributed by atoms with Crippen molar-refractivity contribution in [3.63, 3.8) is 0 Å². The third-order valence-corrected chi connectivity index (χ3v) is 4.65. The number of aryl methyl sites for hydroxylation is 1. The van der Waals surface area contributed by atoms with E-state index < -0.39 is 0 Å². The Morgan fingerprint density at radius 1 is 1.30 bits per heavy atom. The van der Waals surface area contributed by atoms with Gasteiger partial charge >= 0.3 is 0 Å². The highest BCUT2D eigenvalue weighted by Crippen LogP contribution is 2.28. The molecule has 0 amide bonds. The van der Waals surface area contributed by atoms with Gasteiger partial charge in [0, 0.05) is 11.9 Å². The molecule has 4 nitrogen and oxygen atoms in total. The van der Waals surface area contributed by atoms with Gasteiger partial charge in [0.15, 0.2) is 5.82 Å². The van der Waals surface area contributed by atoms with Gasteiger partial charge in [0.2, 0.25) is 0 Å². The Morgan fingerprint density at radius 2 is 2.05 bits per heavy atom. The molecule has 0 atom stereocenters. The molecule has 0 aliphatic carbocycles. The zero-order chi connectivity index (χ0) is 14.7. The van der Waals surface area contributed by atoms with Gasteiger partial charge in [0.25, 0.3) is 0 Å². The van der Waals surface area contributed by atoms with Gasteiger partial charge in [-0.25, -0.2) is 15.0 Å². The van der Waals surface area contributed by atoms with Crippen molar-refractivity contribution in [3.05, 3.63) is 19.7 Å². The predicted molar refractivity (Wildman–Crippen MR) is 93.5 cm³/mol. The average Bonchev–Trinajstić information content (AvgIpc) is 2.84. The van der Waals surface area contributed by atoms with Crippen molar-refractivity contribution in [1.29, 1.82) is 0 Å². The van der Waals surface area contributed by atoms with Gasteiger partial charge in [0.1, 0.15) is 11.5 Å². The minimum absolute atomic E-state index is 0.366. The standard InChI is InChI=1S/C14H19IN4S/c1-5-6-16-14-11(15)12(8(2)3)18-13(19-14)10-7-20-9(4)17-10/h7-8H,5-6H2,1-4H3,(H,16,18,19). The molecule has 0 radical (unpaired) electrons. The molecule has 1 N–H and O–H groups in total. The number of hydrogen-bond acceptors (Lipinski definition) is 5. The van der Waals surface area contributed by atoms with Gasteiger partial charge in [-0.15, -0.1) is 11.3 Å². The summed E-state index contributed by atoms with van der Waals surface area (Å²) < 4.78 is 1.11. The number of nitrogens with zero attached hydrogens (tertiary/aromatic N) is 3. The van der Waals surface area contributed by atoms with E-state index in [0.717, 1.165) is 44.6 Å². The van der Waals surface area contributed by atoms with Crippen molar-refractivity contribution in [1.82, 2.24) is 15.0 Å². The number of nitrogens with one attached hydrogen (secondary N) is 1. The summed E-state index contributed by atoms with van der Waals surface area (Å²) >= 11 is 3.96. The smallest absolute Gasteiger partial charge is 0.181 e. The number of aromatic nitrogens is 3. The Balaban J connectivity index is 2.49. The third-order valence-electron chi connectivity index (χ3n) is 2.81. The molecule has 0 aliphatic rings. The fraction of sp³-hybridized carbons (Fsp3) is 0.500. The Labute approximate surface area is 137 Å². The lowest BCUT2D eigenvalue weighted by molar-refractivity contribution is 0.806. The first-order valence-electron chi connectivity index (χ1n) is 6.76. The SMILES string of the molecule is CCCNc1nc(-c2csc(C)n2)nc(C(C)C)c1I. The summed E-state index contributed by atoms with van der Waals surface area (Å²) in [4.78, 5) is 13.9. The summed E-state index contributed by atoms with van der Waals surface area (Å²) in [6, 6.07) is 0. The summed E-state index contributed by atoms with van der Waals surface area (Å²) in [5, 5.41) is 6.45. The first-order valence-corrected chi connectivity index (χ1v) is 8.72. The second-order valence-electron chi connectivity index (χ2n) is 4.93. The van der Waals surface area contributed by atoms with Crippen LogP contribution in [-0.4, -0.2) is 21.5 Å². The maximum atomic E-state index is 4.71. The second-order valence-corrected chi connectivity index (χ2v) is 7.07. The monoisotopic (exact) mass is 402 g/mol. The van der Waals surface area contributed by atoms with Gasteiger partial charge in [-0.05, 0) is 41.9 Å². The van der Waals surface area contributed by atoms with Crippen LogP contribution in [0.1, 0.15) is 43.8 Å². The van der Waals surface area contributed by atoms with Crippen LogP contribution in [0.3, 0.4) is 0 Å². The van der Waals surface area contributed by atoms with E-state index in [0.29, 0.717) is 5.92 Å². The van der Waals surface area contributed by atoms with Crippen molar-refractivity contribution < 1.29 is 0 Å². The van der Waals surface area contributed by atoms with Gasteiger partial charge in [0.05, 0.1) is 14.3 Å². The van der Waals surface area contributed by atoms with Crippen LogP contribution in [0, 0.1) is 10.5 Å². The van der Waals surface area contributed by atoms with Crippen LogP contribution in [0.15, 0.2) is 5.38 Å². The minimum Gasteiger partial charge on any atom is -0.369 e. The van der Waals surface area contributed by atoms with E-state index in [1.54, 1.807) is 11.3 Å². The maximum Gasteiger partial charge on any atom is 0.181 e. The van der Waals surface area contributed by atoms with Crippen LogP contribution in [0.4, 0.5) is 5.82 Å². The summed E-state index contributed by atoms with van der Waals surface area (Å²) in [5.41, 5.74) is 1.95. The number of halogens is 1. The molecular formula is C14H19IN4S. The Morgan fingerprint density at radius 3 is 2.60 bits per heavy atom. The average molecular weight is 402 g/mol. The Kier molecular flexibility index (Phi) is 5.31. The molecule has 0 unspecified atom stereocenters. The van der Waals surface area contributed by atoms with E-state index >= 15 is 0 Å². The molecule has 0 saturated heterocycles. The fourth-order valence-electron chi connectivity index (χ4n) is 1.79. The molecule has 0 aromatic carbocycles. The lowest BCUT2D eigenvalue weighted by Gasteiger charge is -2.14. The first kappa shape index (κ1) is 15.6. The zero-order valence-corrected chi connectivity index (χ0v) is 15.2. The maximum absolute atomic E-state index is 4.71. The van der Waals surface area contributed by atoms with E-state index in [2.05, 4.69) is 58.6 Å². The van der Waals surface area contributed by atoms with Crippen LogP contribution in [0.5, 0.6) is 0 Å². The Hall–Kier alpha value is -0.760. The fourth-order valence-corrected chi connectivity index (χ4v) is 3.43. The second kappa shape index (κ2) is 6.80. The minimum atomic E-state index is 0.366. The molecule has 0 fully saturated rings. The number of rotatable bonds is 5. The summed E-state index contributed by atoms with van der Waals surface area (Å²) in [5.74, 6) is 2.01. The van der Waals surface area contributed by atoms with Crippen molar-refractivity contribution >= 4 is 39.7 Å². The van der Waals surface area contributed by atoms with Crippen molar-refractivity contribution in [2.75, 3.05) is 11.9 Å². The topological polar surface area (TPSA) is 50.7 Å². The lowest BCUT2D eigenvalue weighted by atomic mass is 10.1. The van der Waals surface area contributed by atoms with E-state index in [1.807, 2.05) is 12.3 Å². The molecule has 20 heavy (non-hydrogen) atoms. The Bertz CT molecular complexity index is 595. The molecule has 2 aromatic heterocycles. The summed E-state index contributed by atoms with van der Waals surface area (Å²) in [7, 11) is 0. The van der Waals surface area contributed by atoms with Gasteiger partial charge in [-0.1, -0.05) is 20.8 Å². The van der Waals surface area contributed by atoms with Crippen LogP contribution in [0.2, 0.25) is 0 Å². The molecule has 0 aliphatic heterocycles. The normalized spacial score (nSPS) is 11.1. The summed E-state index contributed by atoms with van der Waals surface area (Å²) in [6.45, 7) is 9.38. The lowest BCUT2D eigenvalue weighted by Crippen LogP contribution is -2.10. The number of thiazole rings is 1. The summed E-state index contributed by atoms with van der Waals surface area (Å²) in [6.07, 6.45) is 1.07. The molecular weight excluding hydrogens is 383 g/mol. The van der Waals surface area contributed by atoms with Crippen molar-refractivity contribution in [2.45, 2.75) is 40.0 Å². The first-order chi connectivity index (χ1) is 9.52. The predicted octanol–water partition coefficient (Wildman–Crippen LogP) is 4.46. The molecule has 6 heteroatoms. The van der Waals surface area contributed by atoms with Crippen LogP contribution in [-0.2, 0) is 0 Å². The van der Waals surface area contributed by atoms with E-state index in [9.17, 15) is 0 Å². The number of hydrogen-bond donors (Lipinski definition) is 1. The zero-order valence-electron chi connectivity index (χ0n) is 12.2. The van der Waals surface area contributed by atoms with Gasteiger partial charge < -0.3 is 5.32 Å². The van der Waals surface area contributed by atoms with E-state index in [1.165, 1.54) is 0 Å².